The van der Waals surface area contributed by atoms with E-state index in [1.54, 1.807) is 7.05 Å². The van der Waals surface area contributed by atoms with Gasteiger partial charge in [0.25, 0.3) is 0 Å². The van der Waals surface area contributed by atoms with Crippen molar-refractivity contribution in [2.24, 2.45) is 7.05 Å². The number of aromatic nitrogens is 2. The molecule has 0 unspecified atom stereocenters. The Labute approximate surface area is 82.6 Å². The molecule has 5 heteroatoms. The van der Waals surface area contributed by atoms with Gasteiger partial charge in [-0.1, -0.05) is 0 Å². The number of H-pyrrole nitrogens is 1. The van der Waals surface area contributed by atoms with Crippen LogP contribution in [0.2, 0.25) is 0 Å². The molecule has 1 aromatic heterocycles. The van der Waals surface area contributed by atoms with Crippen LogP contribution < -0.4 is 10.3 Å². The van der Waals surface area contributed by atoms with Crippen LogP contribution in [0.3, 0.4) is 0 Å². The lowest BCUT2D eigenvalue weighted by Gasteiger charge is -2.02. The summed E-state index contributed by atoms with van der Waals surface area (Å²) in [6.45, 7) is 5.22. The van der Waals surface area contributed by atoms with Crippen LogP contribution in [0.1, 0.15) is 19.5 Å². The highest BCUT2D eigenvalue weighted by Gasteiger charge is 2.12. The molecule has 1 rings (SSSR count). The molecule has 0 aliphatic heterocycles. The first-order valence-corrected chi connectivity index (χ1v) is 4.69. The van der Waals surface area contributed by atoms with Crippen molar-refractivity contribution in [3.63, 3.8) is 0 Å². The van der Waals surface area contributed by atoms with Crippen LogP contribution in [0, 0.1) is 0 Å². The van der Waals surface area contributed by atoms with Crippen molar-refractivity contribution in [1.29, 1.82) is 0 Å². The predicted octanol–water partition coefficient (Wildman–Crippen LogP) is 0.649. The second-order valence-corrected chi connectivity index (χ2v) is 2.85. The molecule has 0 atom stereocenters. The average Bonchev–Trinajstić information content (AvgIpc) is 2.43. The van der Waals surface area contributed by atoms with E-state index < -0.39 is 0 Å². The summed E-state index contributed by atoms with van der Waals surface area (Å²) in [5.74, 6) is 0.364. The predicted molar refractivity (Wildman–Crippen MR) is 52.5 cm³/mol. The molecule has 1 N–H and O–H groups in total. The molecule has 0 bridgehead atoms. The van der Waals surface area contributed by atoms with E-state index in [1.165, 1.54) is 4.68 Å². The number of hydrogen-bond donors (Lipinski definition) is 1. The Kier molecular flexibility index (Phi) is 3.76. The molecule has 0 aliphatic carbocycles. The number of hydrogen-bond acceptors (Lipinski definition) is 3. The number of aromatic amines is 1. The van der Waals surface area contributed by atoms with Crippen molar-refractivity contribution in [3.8, 4) is 5.75 Å². The van der Waals surface area contributed by atoms with E-state index in [2.05, 4.69) is 5.10 Å². The van der Waals surface area contributed by atoms with Crippen molar-refractivity contribution in [2.45, 2.75) is 20.5 Å². The normalized spacial score (nSPS) is 10.5. The van der Waals surface area contributed by atoms with Crippen LogP contribution in [0.4, 0.5) is 0 Å². The maximum absolute atomic E-state index is 11.5. The summed E-state index contributed by atoms with van der Waals surface area (Å²) in [7, 11) is 1.65. The second-order valence-electron chi connectivity index (χ2n) is 2.85. The number of aryl methyl sites for hydroxylation is 1. The second kappa shape index (κ2) is 4.85. The summed E-state index contributed by atoms with van der Waals surface area (Å²) < 4.78 is 11.8. The van der Waals surface area contributed by atoms with E-state index in [0.29, 0.717) is 31.3 Å². The van der Waals surface area contributed by atoms with Gasteiger partial charge < -0.3 is 9.47 Å². The van der Waals surface area contributed by atoms with Gasteiger partial charge in [0.15, 0.2) is 0 Å². The van der Waals surface area contributed by atoms with Crippen molar-refractivity contribution in [3.05, 3.63) is 16.0 Å². The van der Waals surface area contributed by atoms with Crippen LogP contribution >= 0.6 is 0 Å². The van der Waals surface area contributed by atoms with Crippen molar-refractivity contribution in [1.82, 2.24) is 9.78 Å². The number of nitrogens with one attached hydrogen (secondary N) is 1. The Morgan fingerprint density at radius 1 is 1.36 bits per heavy atom. The van der Waals surface area contributed by atoms with Gasteiger partial charge in [-0.05, 0) is 13.8 Å². The zero-order valence-corrected chi connectivity index (χ0v) is 8.79. The van der Waals surface area contributed by atoms with E-state index in [-0.39, 0.29) is 5.56 Å². The Balaban J connectivity index is 2.90. The average molecular weight is 200 g/mol. The van der Waals surface area contributed by atoms with E-state index >= 15 is 0 Å². The molecule has 1 aromatic rings. The summed E-state index contributed by atoms with van der Waals surface area (Å²) >= 11 is 0. The third-order valence-electron chi connectivity index (χ3n) is 1.81. The van der Waals surface area contributed by atoms with E-state index in [0.717, 1.165) is 0 Å². The summed E-state index contributed by atoms with van der Waals surface area (Å²) in [6, 6.07) is 0. The first kappa shape index (κ1) is 10.8. The fraction of sp³-hybridized carbons (Fsp3) is 0.667. The van der Waals surface area contributed by atoms with Crippen LogP contribution in [-0.2, 0) is 18.4 Å². The van der Waals surface area contributed by atoms with E-state index in [4.69, 9.17) is 9.47 Å². The molecule has 0 saturated heterocycles. The minimum Gasteiger partial charge on any atom is -0.487 e. The van der Waals surface area contributed by atoms with Gasteiger partial charge in [0.1, 0.15) is 5.69 Å². The highest BCUT2D eigenvalue weighted by atomic mass is 16.5. The number of nitrogens with zero attached hydrogens (tertiary/aromatic N) is 1. The monoisotopic (exact) mass is 200 g/mol. The van der Waals surface area contributed by atoms with Crippen LogP contribution in [-0.4, -0.2) is 23.0 Å². The summed E-state index contributed by atoms with van der Waals surface area (Å²) in [6.07, 6.45) is 0. The van der Waals surface area contributed by atoms with Crippen LogP contribution in [0.15, 0.2) is 4.79 Å². The van der Waals surface area contributed by atoms with Gasteiger partial charge in [-0.25, -0.2) is 0 Å². The molecule has 0 aliphatic rings. The van der Waals surface area contributed by atoms with Gasteiger partial charge in [0.05, 0.1) is 13.2 Å². The summed E-state index contributed by atoms with van der Waals surface area (Å²) in [5.41, 5.74) is 0.544. The summed E-state index contributed by atoms with van der Waals surface area (Å²) in [5, 5.41) is 2.89. The van der Waals surface area contributed by atoms with Crippen molar-refractivity contribution in [2.75, 3.05) is 13.2 Å². The molecule has 0 saturated carbocycles. The zero-order valence-electron chi connectivity index (χ0n) is 8.79. The first-order valence-electron chi connectivity index (χ1n) is 4.69. The Hall–Kier alpha value is -1.23. The highest BCUT2D eigenvalue weighted by molar-refractivity contribution is 5.24. The number of rotatable bonds is 5. The molecular formula is C9H16N2O3. The van der Waals surface area contributed by atoms with E-state index in [1.807, 2.05) is 13.8 Å². The number of ether oxygens (including phenoxy) is 2. The Morgan fingerprint density at radius 3 is 2.64 bits per heavy atom. The SMILES string of the molecule is CCOCc1[nH]n(C)c(=O)c1OCC. The lowest BCUT2D eigenvalue weighted by molar-refractivity contribution is 0.128. The minimum atomic E-state index is -0.151. The van der Waals surface area contributed by atoms with Crippen molar-refractivity contribution < 1.29 is 9.47 Å². The molecule has 0 amide bonds. The standard InChI is InChI=1S/C9H16N2O3/c1-4-13-6-7-8(14-5-2)9(12)11(3)10-7/h10H,4-6H2,1-3H3. The molecule has 0 spiro atoms. The quantitative estimate of drug-likeness (QED) is 0.759. The maximum Gasteiger partial charge on any atom is 0.308 e. The zero-order chi connectivity index (χ0) is 10.6. The molecule has 0 aromatic carbocycles. The minimum absolute atomic E-state index is 0.151. The van der Waals surface area contributed by atoms with Gasteiger partial charge in [-0.3, -0.25) is 14.6 Å². The smallest absolute Gasteiger partial charge is 0.308 e. The topological polar surface area (TPSA) is 56.2 Å². The van der Waals surface area contributed by atoms with Crippen LogP contribution in [0.25, 0.3) is 0 Å². The first-order chi connectivity index (χ1) is 6.70. The third-order valence-corrected chi connectivity index (χ3v) is 1.81. The molecule has 80 valence electrons. The van der Waals surface area contributed by atoms with Gasteiger partial charge >= 0.3 is 5.56 Å². The van der Waals surface area contributed by atoms with Gasteiger partial charge in [-0.2, -0.15) is 0 Å². The molecular weight excluding hydrogens is 184 g/mol. The largest absolute Gasteiger partial charge is 0.487 e. The van der Waals surface area contributed by atoms with Gasteiger partial charge in [0.2, 0.25) is 5.75 Å². The van der Waals surface area contributed by atoms with Gasteiger partial charge in [-0.15, -0.1) is 0 Å². The third kappa shape index (κ3) is 2.17. The fourth-order valence-electron chi connectivity index (χ4n) is 1.18. The molecule has 14 heavy (non-hydrogen) atoms. The van der Waals surface area contributed by atoms with Crippen molar-refractivity contribution >= 4 is 0 Å². The fourth-order valence-corrected chi connectivity index (χ4v) is 1.18. The van der Waals surface area contributed by atoms with Crippen LogP contribution in [0.5, 0.6) is 5.75 Å². The molecule has 0 fully saturated rings. The highest BCUT2D eigenvalue weighted by Crippen LogP contribution is 2.11. The molecule has 1 heterocycles. The lowest BCUT2D eigenvalue weighted by atomic mass is 10.4. The Bertz CT molecular complexity index is 340. The summed E-state index contributed by atoms with van der Waals surface area (Å²) in [4.78, 5) is 11.5. The maximum atomic E-state index is 11.5. The Morgan fingerprint density at radius 2 is 2.07 bits per heavy atom. The lowest BCUT2D eigenvalue weighted by Crippen LogP contribution is -2.13. The van der Waals surface area contributed by atoms with E-state index in [9.17, 15) is 4.79 Å². The molecule has 0 radical (unpaired) electrons. The van der Waals surface area contributed by atoms with Gasteiger partial charge in [0, 0.05) is 13.7 Å². The molecule has 5 nitrogen and oxygen atoms in total.